The van der Waals surface area contributed by atoms with E-state index in [0.717, 1.165) is 36.0 Å². The van der Waals surface area contributed by atoms with Gasteiger partial charge in [0.1, 0.15) is 11.5 Å². The largest absolute Gasteiger partial charge is 0.497 e. The van der Waals surface area contributed by atoms with E-state index in [0.29, 0.717) is 0 Å². The predicted molar refractivity (Wildman–Crippen MR) is 69.6 cm³/mol. The van der Waals surface area contributed by atoms with Crippen LogP contribution in [0, 0.1) is 0 Å². The SMILES string of the molecule is CNCc1cc(OC)ccc1OCCSC. The van der Waals surface area contributed by atoms with Crippen molar-refractivity contribution in [2.45, 2.75) is 6.54 Å². The van der Waals surface area contributed by atoms with E-state index in [4.69, 9.17) is 9.47 Å². The van der Waals surface area contributed by atoms with Crippen molar-refractivity contribution in [3.8, 4) is 11.5 Å². The van der Waals surface area contributed by atoms with E-state index in [1.165, 1.54) is 0 Å². The van der Waals surface area contributed by atoms with E-state index in [2.05, 4.69) is 11.6 Å². The molecule has 16 heavy (non-hydrogen) atoms. The van der Waals surface area contributed by atoms with Crippen LogP contribution in [0.25, 0.3) is 0 Å². The van der Waals surface area contributed by atoms with Crippen molar-refractivity contribution in [3.63, 3.8) is 0 Å². The molecule has 0 fully saturated rings. The van der Waals surface area contributed by atoms with Gasteiger partial charge in [0, 0.05) is 17.9 Å². The normalized spacial score (nSPS) is 10.2. The second kappa shape index (κ2) is 7.41. The van der Waals surface area contributed by atoms with Crippen LogP contribution in [0.1, 0.15) is 5.56 Å². The summed E-state index contributed by atoms with van der Waals surface area (Å²) in [4.78, 5) is 0. The quantitative estimate of drug-likeness (QED) is 0.741. The molecule has 0 amide bonds. The van der Waals surface area contributed by atoms with E-state index in [9.17, 15) is 0 Å². The van der Waals surface area contributed by atoms with Gasteiger partial charge in [-0.1, -0.05) is 0 Å². The van der Waals surface area contributed by atoms with Gasteiger partial charge in [-0.15, -0.1) is 0 Å². The van der Waals surface area contributed by atoms with Gasteiger partial charge in [-0.25, -0.2) is 0 Å². The number of nitrogens with one attached hydrogen (secondary N) is 1. The van der Waals surface area contributed by atoms with Gasteiger partial charge in [-0.3, -0.25) is 0 Å². The van der Waals surface area contributed by atoms with Crippen LogP contribution in [0.2, 0.25) is 0 Å². The first kappa shape index (κ1) is 13.2. The Morgan fingerprint density at radius 2 is 2.19 bits per heavy atom. The van der Waals surface area contributed by atoms with Crippen molar-refractivity contribution in [2.75, 3.05) is 32.8 Å². The van der Waals surface area contributed by atoms with Crippen molar-refractivity contribution in [1.29, 1.82) is 0 Å². The van der Waals surface area contributed by atoms with Gasteiger partial charge in [-0.05, 0) is 31.5 Å². The Kier molecular flexibility index (Phi) is 6.11. The third kappa shape index (κ3) is 3.94. The second-order valence-corrected chi connectivity index (χ2v) is 4.33. The molecule has 0 bridgehead atoms. The van der Waals surface area contributed by atoms with E-state index in [1.54, 1.807) is 18.9 Å². The Balaban J connectivity index is 2.72. The zero-order valence-electron chi connectivity index (χ0n) is 10.1. The zero-order chi connectivity index (χ0) is 11.8. The fraction of sp³-hybridized carbons (Fsp3) is 0.500. The standard InChI is InChI=1S/C12H19NO2S/c1-13-9-10-8-11(14-2)4-5-12(10)15-6-7-16-3/h4-5,8,13H,6-7,9H2,1-3H3. The Morgan fingerprint density at radius 3 is 2.81 bits per heavy atom. The lowest BCUT2D eigenvalue weighted by Crippen LogP contribution is -2.09. The summed E-state index contributed by atoms with van der Waals surface area (Å²) < 4.78 is 10.9. The van der Waals surface area contributed by atoms with Gasteiger partial charge < -0.3 is 14.8 Å². The lowest BCUT2D eigenvalue weighted by molar-refractivity contribution is 0.338. The summed E-state index contributed by atoms with van der Waals surface area (Å²) in [5, 5.41) is 3.13. The number of hydrogen-bond acceptors (Lipinski definition) is 4. The van der Waals surface area contributed by atoms with Crippen molar-refractivity contribution >= 4 is 11.8 Å². The molecule has 1 aromatic carbocycles. The van der Waals surface area contributed by atoms with Crippen molar-refractivity contribution in [2.24, 2.45) is 0 Å². The van der Waals surface area contributed by atoms with Crippen molar-refractivity contribution < 1.29 is 9.47 Å². The van der Waals surface area contributed by atoms with Crippen LogP contribution in [0.5, 0.6) is 11.5 Å². The molecule has 3 nitrogen and oxygen atoms in total. The lowest BCUT2D eigenvalue weighted by Gasteiger charge is -2.12. The molecule has 0 aliphatic carbocycles. The van der Waals surface area contributed by atoms with Crippen LogP contribution < -0.4 is 14.8 Å². The molecule has 0 spiro atoms. The monoisotopic (exact) mass is 241 g/mol. The molecule has 4 heteroatoms. The van der Waals surface area contributed by atoms with Gasteiger partial charge in [-0.2, -0.15) is 11.8 Å². The summed E-state index contributed by atoms with van der Waals surface area (Å²) in [7, 11) is 3.60. The predicted octanol–water partition coefficient (Wildman–Crippen LogP) is 2.16. The minimum Gasteiger partial charge on any atom is -0.497 e. The third-order valence-electron chi connectivity index (χ3n) is 2.18. The molecule has 0 saturated heterocycles. The topological polar surface area (TPSA) is 30.5 Å². The number of thioether (sulfide) groups is 1. The molecule has 1 aromatic rings. The molecule has 1 N–H and O–H groups in total. The third-order valence-corrected chi connectivity index (χ3v) is 2.75. The van der Waals surface area contributed by atoms with Crippen LogP contribution in [0.15, 0.2) is 18.2 Å². The minimum absolute atomic E-state index is 0.740. The van der Waals surface area contributed by atoms with Crippen molar-refractivity contribution in [3.05, 3.63) is 23.8 Å². The Hall–Kier alpha value is -0.870. The highest BCUT2D eigenvalue weighted by molar-refractivity contribution is 7.98. The first-order chi connectivity index (χ1) is 7.81. The second-order valence-electron chi connectivity index (χ2n) is 3.35. The van der Waals surface area contributed by atoms with Crippen LogP contribution in [-0.4, -0.2) is 32.8 Å². The smallest absolute Gasteiger partial charge is 0.124 e. The summed E-state index contributed by atoms with van der Waals surface area (Å²) in [5.41, 5.74) is 1.13. The van der Waals surface area contributed by atoms with Crippen LogP contribution in [0.4, 0.5) is 0 Å². The maximum Gasteiger partial charge on any atom is 0.124 e. The number of ether oxygens (including phenoxy) is 2. The van der Waals surface area contributed by atoms with E-state index in [1.807, 2.05) is 25.2 Å². The summed E-state index contributed by atoms with van der Waals surface area (Å²) in [5.74, 6) is 2.80. The van der Waals surface area contributed by atoms with E-state index < -0.39 is 0 Å². The molecule has 0 atom stereocenters. The number of hydrogen-bond donors (Lipinski definition) is 1. The van der Waals surface area contributed by atoms with E-state index in [-0.39, 0.29) is 0 Å². The molecule has 90 valence electrons. The number of rotatable bonds is 7. The number of methoxy groups -OCH3 is 1. The molecule has 0 unspecified atom stereocenters. The maximum absolute atomic E-state index is 5.71. The molecule has 0 aliphatic heterocycles. The van der Waals surface area contributed by atoms with Crippen LogP contribution >= 0.6 is 11.8 Å². The molecule has 1 rings (SSSR count). The van der Waals surface area contributed by atoms with Gasteiger partial charge in [0.2, 0.25) is 0 Å². The molecular weight excluding hydrogens is 222 g/mol. The molecular formula is C12H19NO2S. The summed E-state index contributed by atoms with van der Waals surface area (Å²) >= 11 is 1.78. The molecule has 0 aromatic heterocycles. The molecule has 0 heterocycles. The van der Waals surface area contributed by atoms with Crippen molar-refractivity contribution in [1.82, 2.24) is 5.32 Å². The van der Waals surface area contributed by atoms with Crippen LogP contribution in [0.3, 0.4) is 0 Å². The summed E-state index contributed by atoms with van der Waals surface area (Å²) in [6.07, 6.45) is 2.08. The van der Waals surface area contributed by atoms with E-state index >= 15 is 0 Å². The molecule has 0 aliphatic rings. The fourth-order valence-electron chi connectivity index (χ4n) is 1.39. The fourth-order valence-corrected chi connectivity index (χ4v) is 1.64. The van der Waals surface area contributed by atoms with Gasteiger partial charge >= 0.3 is 0 Å². The first-order valence-corrected chi connectivity index (χ1v) is 6.64. The lowest BCUT2D eigenvalue weighted by atomic mass is 10.2. The van der Waals surface area contributed by atoms with Gasteiger partial charge in [0.05, 0.1) is 13.7 Å². The van der Waals surface area contributed by atoms with Gasteiger partial charge in [0.25, 0.3) is 0 Å². The molecule has 0 saturated carbocycles. The Bertz CT molecular complexity index is 318. The highest BCUT2D eigenvalue weighted by Crippen LogP contribution is 2.24. The average molecular weight is 241 g/mol. The summed E-state index contributed by atoms with van der Waals surface area (Å²) in [6.45, 7) is 1.52. The zero-order valence-corrected chi connectivity index (χ0v) is 10.9. The summed E-state index contributed by atoms with van der Waals surface area (Å²) in [6, 6.07) is 5.89. The maximum atomic E-state index is 5.71. The Morgan fingerprint density at radius 1 is 1.38 bits per heavy atom. The highest BCUT2D eigenvalue weighted by Gasteiger charge is 2.04. The average Bonchev–Trinajstić information content (AvgIpc) is 2.31. The number of benzene rings is 1. The highest BCUT2D eigenvalue weighted by atomic mass is 32.2. The van der Waals surface area contributed by atoms with Gasteiger partial charge in [0.15, 0.2) is 0 Å². The Labute approximate surface area is 102 Å². The molecule has 0 radical (unpaired) electrons. The first-order valence-electron chi connectivity index (χ1n) is 5.25. The minimum atomic E-state index is 0.740. The van der Waals surface area contributed by atoms with Crippen LogP contribution in [-0.2, 0) is 6.54 Å².